The van der Waals surface area contributed by atoms with Crippen molar-refractivity contribution >= 4 is 17.6 Å². The molecule has 1 atom stereocenters. The average molecular weight is 250 g/mol. The Bertz CT molecular complexity index is 469. The standard InChI is InChI=1S/C12H14N2O4/c1-7(17-2)9(12(16)18-3)10(15)8-5-4-6-14-11(8)13/h4-6,9H,1H2,2-3H3,(H2,13,14). The van der Waals surface area contributed by atoms with Crippen molar-refractivity contribution in [3.8, 4) is 0 Å². The maximum Gasteiger partial charge on any atom is 0.324 e. The van der Waals surface area contributed by atoms with Crippen molar-refractivity contribution < 1.29 is 19.1 Å². The van der Waals surface area contributed by atoms with Crippen LogP contribution in [0, 0.1) is 5.92 Å². The van der Waals surface area contributed by atoms with E-state index >= 15 is 0 Å². The molecule has 1 aromatic heterocycles. The lowest BCUT2D eigenvalue weighted by Crippen LogP contribution is -2.28. The van der Waals surface area contributed by atoms with Crippen LogP contribution in [0.25, 0.3) is 0 Å². The van der Waals surface area contributed by atoms with Crippen molar-refractivity contribution in [1.29, 1.82) is 0 Å². The predicted molar refractivity (Wildman–Crippen MR) is 64.6 cm³/mol. The summed E-state index contributed by atoms with van der Waals surface area (Å²) in [6, 6.07) is 3.02. The Balaban J connectivity index is 3.15. The molecule has 0 bridgehead atoms. The van der Waals surface area contributed by atoms with E-state index in [-0.39, 0.29) is 17.1 Å². The summed E-state index contributed by atoms with van der Waals surface area (Å²) >= 11 is 0. The summed E-state index contributed by atoms with van der Waals surface area (Å²) in [5, 5.41) is 0. The molecular weight excluding hydrogens is 236 g/mol. The highest BCUT2D eigenvalue weighted by molar-refractivity contribution is 6.12. The fraction of sp³-hybridized carbons (Fsp3) is 0.250. The van der Waals surface area contributed by atoms with Crippen LogP contribution in [0.5, 0.6) is 0 Å². The van der Waals surface area contributed by atoms with Gasteiger partial charge in [0.05, 0.1) is 19.8 Å². The van der Waals surface area contributed by atoms with Crippen molar-refractivity contribution in [3.63, 3.8) is 0 Å². The second-order valence-corrected chi connectivity index (χ2v) is 3.43. The van der Waals surface area contributed by atoms with Crippen molar-refractivity contribution in [2.45, 2.75) is 0 Å². The van der Waals surface area contributed by atoms with Crippen LogP contribution < -0.4 is 5.73 Å². The second kappa shape index (κ2) is 5.81. The van der Waals surface area contributed by atoms with E-state index < -0.39 is 17.7 Å². The van der Waals surface area contributed by atoms with E-state index in [1.165, 1.54) is 26.5 Å². The summed E-state index contributed by atoms with van der Waals surface area (Å²) < 4.78 is 9.40. The molecule has 2 N–H and O–H groups in total. The zero-order valence-corrected chi connectivity index (χ0v) is 10.2. The third-order valence-electron chi connectivity index (χ3n) is 2.39. The van der Waals surface area contributed by atoms with Gasteiger partial charge in [0.15, 0.2) is 11.7 Å². The van der Waals surface area contributed by atoms with Gasteiger partial charge in [-0.2, -0.15) is 0 Å². The van der Waals surface area contributed by atoms with Crippen LogP contribution in [-0.2, 0) is 14.3 Å². The maximum atomic E-state index is 12.2. The molecule has 1 aromatic rings. The molecule has 0 saturated heterocycles. The Labute approximate surface area is 104 Å². The number of esters is 1. The maximum absolute atomic E-state index is 12.2. The zero-order valence-electron chi connectivity index (χ0n) is 10.2. The molecular formula is C12H14N2O4. The number of ketones is 1. The average Bonchev–Trinajstić information content (AvgIpc) is 2.38. The van der Waals surface area contributed by atoms with Gasteiger partial charge in [0.2, 0.25) is 0 Å². The Kier molecular flexibility index (Phi) is 4.42. The van der Waals surface area contributed by atoms with Gasteiger partial charge in [-0.15, -0.1) is 0 Å². The summed E-state index contributed by atoms with van der Waals surface area (Å²) in [7, 11) is 2.50. The molecule has 0 aliphatic rings. The molecule has 6 nitrogen and oxygen atoms in total. The van der Waals surface area contributed by atoms with Crippen LogP contribution in [0.3, 0.4) is 0 Å². The highest BCUT2D eigenvalue weighted by Gasteiger charge is 2.33. The Morgan fingerprint density at radius 3 is 2.56 bits per heavy atom. The van der Waals surface area contributed by atoms with Crippen LogP contribution in [0.1, 0.15) is 10.4 Å². The lowest BCUT2D eigenvalue weighted by atomic mass is 9.96. The fourth-order valence-electron chi connectivity index (χ4n) is 1.40. The van der Waals surface area contributed by atoms with Gasteiger partial charge >= 0.3 is 5.97 Å². The Morgan fingerprint density at radius 2 is 2.06 bits per heavy atom. The van der Waals surface area contributed by atoms with Crippen LogP contribution in [0.15, 0.2) is 30.7 Å². The van der Waals surface area contributed by atoms with E-state index in [0.29, 0.717) is 0 Å². The van der Waals surface area contributed by atoms with Crippen LogP contribution in [0.2, 0.25) is 0 Å². The van der Waals surface area contributed by atoms with Gasteiger partial charge in [-0.25, -0.2) is 4.98 Å². The van der Waals surface area contributed by atoms with Crippen LogP contribution >= 0.6 is 0 Å². The summed E-state index contributed by atoms with van der Waals surface area (Å²) in [4.78, 5) is 27.6. The first kappa shape index (κ1) is 13.7. The minimum absolute atomic E-state index is 0.00453. The molecule has 0 aliphatic heterocycles. The van der Waals surface area contributed by atoms with Gasteiger partial charge in [0.1, 0.15) is 11.6 Å². The predicted octanol–water partition coefficient (Wildman–Crippen LogP) is 0.796. The van der Waals surface area contributed by atoms with Crippen molar-refractivity contribution in [3.05, 3.63) is 36.2 Å². The van der Waals surface area contributed by atoms with Gasteiger partial charge in [0, 0.05) is 6.20 Å². The molecule has 1 unspecified atom stereocenters. The van der Waals surface area contributed by atoms with E-state index in [4.69, 9.17) is 10.5 Å². The molecule has 0 fully saturated rings. The monoisotopic (exact) mass is 250 g/mol. The fourth-order valence-corrected chi connectivity index (χ4v) is 1.40. The number of nitrogens with two attached hydrogens (primary N) is 1. The minimum atomic E-state index is -1.24. The largest absolute Gasteiger partial charge is 0.500 e. The van der Waals surface area contributed by atoms with E-state index in [0.717, 1.165) is 0 Å². The zero-order chi connectivity index (χ0) is 13.7. The lowest BCUT2D eigenvalue weighted by molar-refractivity contribution is -0.143. The molecule has 0 saturated carbocycles. The summed E-state index contributed by atoms with van der Waals surface area (Å²) in [5.41, 5.74) is 5.72. The minimum Gasteiger partial charge on any atom is -0.500 e. The van der Waals surface area contributed by atoms with Crippen molar-refractivity contribution in [2.75, 3.05) is 20.0 Å². The molecule has 0 radical (unpaired) electrons. The number of anilines is 1. The number of nitrogens with zero attached hydrogens (tertiary/aromatic N) is 1. The van der Waals surface area contributed by atoms with Crippen LogP contribution in [-0.4, -0.2) is 31.0 Å². The number of Topliss-reactive ketones (excluding diaryl/α,β-unsaturated/α-hetero) is 1. The van der Waals surface area contributed by atoms with Gasteiger partial charge in [-0.05, 0) is 12.1 Å². The molecule has 0 aliphatic carbocycles. The molecule has 0 amide bonds. The highest BCUT2D eigenvalue weighted by atomic mass is 16.5. The van der Waals surface area contributed by atoms with E-state index in [1.54, 1.807) is 6.07 Å². The summed E-state index contributed by atoms with van der Waals surface area (Å²) in [5.74, 6) is -2.52. The molecule has 1 rings (SSSR count). The molecule has 6 heteroatoms. The number of methoxy groups -OCH3 is 2. The Morgan fingerprint density at radius 1 is 1.39 bits per heavy atom. The normalized spacial score (nSPS) is 11.4. The number of pyridine rings is 1. The molecule has 0 aromatic carbocycles. The topological polar surface area (TPSA) is 91.5 Å². The van der Waals surface area contributed by atoms with Gasteiger partial charge < -0.3 is 15.2 Å². The summed E-state index contributed by atoms with van der Waals surface area (Å²) in [6.07, 6.45) is 1.45. The van der Waals surface area contributed by atoms with Crippen molar-refractivity contribution in [2.24, 2.45) is 5.92 Å². The van der Waals surface area contributed by atoms with E-state index in [1.807, 2.05) is 0 Å². The number of carbonyl (C=O) groups is 2. The number of rotatable bonds is 5. The molecule has 18 heavy (non-hydrogen) atoms. The first-order valence-electron chi connectivity index (χ1n) is 5.08. The van der Waals surface area contributed by atoms with Gasteiger partial charge in [-0.1, -0.05) is 6.58 Å². The van der Waals surface area contributed by atoms with Crippen LogP contribution in [0.4, 0.5) is 5.82 Å². The number of hydrogen-bond acceptors (Lipinski definition) is 6. The number of ether oxygens (including phenoxy) is 2. The summed E-state index contributed by atoms with van der Waals surface area (Å²) in [6.45, 7) is 3.51. The first-order chi connectivity index (χ1) is 8.52. The molecule has 1 heterocycles. The van der Waals surface area contributed by atoms with E-state index in [2.05, 4.69) is 16.3 Å². The second-order valence-electron chi connectivity index (χ2n) is 3.43. The quantitative estimate of drug-likeness (QED) is 0.359. The lowest BCUT2D eigenvalue weighted by Gasteiger charge is -2.15. The number of hydrogen-bond donors (Lipinski definition) is 1. The molecule has 96 valence electrons. The molecule has 0 spiro atoms. The third kappa shape index (κ3) is 2.65. The Hall–Kier alpha value is -2.37. The van der Waals surface area contributed by atoms with Crippen molar-refractivity contribution in [1.82, 2.24) is 4.98 Å². The smallest absolute Gasteiger partial charge is 0.324 e. The van der Waals surface area contributed by atoms with Gasteiger partial charge in [0.25, 0.3) is 0 Å². The third-order valence-corrected chi connectivity index (χ3v) is 2.39. The number of nitrogen functional groups attached to an aromatic ring is 1. The first-order valence-corrected chi connectivity index (χ1v) is 5.08. The van der Waals surface area contributed by atoms with Gasteiger partial charge in [-0.3, -0.25) is 9.59 Å². The SMILES string of the molecule is C=C(OC)C(C(=O)OC)C(=O)c1cccnc1N. The highest BCUT2D eigenvalue weighted by Crippen LogP contribution is 2.20. The van der Waals surface area contributed by atoms with E-state index in [9.17, 15) is 9.59 Å². The number of aromatic nitrogens is 1. The number of carbonyl (C=O) groups excluding carboxylic acids is 2.